The summed E-state index contributed by atoms with van der Waals surface area (Å²) in [7, 11) is 0. The van der Waals surface area contributed by atoms with Gasteiger partial charge in [-0.1, -0.05) is 45.0 Å². The average Bonchev–Trinajstić information content (AvgIpc) is 2.38. The Bertz CT molecular complexity index is 419. The van der Waals surface area contributed by atoms with Crippen molar-refractivity contribution in [3.8, 4) is 0 Å². The number of hydrogen-bond donors (Lipinski definition) is 0. The predicted octanol–water partition coefficient (Wildman–Crippen LogP) is 4.36. The van der Waals surface area contributed by atoms with Crippen LogP contribution < -0.4 is 0 Å². The summed E-state index contributed by atoms with van der Waals surface area (Å²) in [6.45, 7) is 6.34. The highest BCUT2D eigenvalue weighted by Gasteiger charge is 2.25. The van der Waals surface area contributed by atoms with Gasteiger partial charge in [0.25, 0.3) is 0 Å². The summed E-state index contributed by atoms with van der Waals surface area (Å²) >= 11 is 0. The van der Waals surface area contributed by atoms with E-state index in [0.717, 1.165) is 6.42 Å². The molecule has 0 saturated heterocycles. The second-order valence-electron chi connectivity index (χ2n) is 5.99. The zero-order valence-corrected chi connectivity index (χ0v) is 11.8. The lowest BCUT2D eigenvalue weighted by Gasteiger charge is -2.26. The minimum atomic E-state index is 0.194. The summed E-state index contributed by atoms with van der Waals surface area (Å²) in [6.07, 6.45) is 4.32. The van der Waals surface area contributed by atoms with E-state index in [0.29, 0.717) is 17.6 Å². The zero-order chi connectivity index (χ0) is 13.1. The summed E-state index contributed by atoms with van der Waals surface area (Å²) in [5.74, 6) is 1.55. The number of fused-ring (bicyclic) bond motifs is 1. The summed E-state index contributed by atoms with van der Waals surface area (Å²) in [6, 6.07) is 8.65. The predicted molar refractivity (Wildman–Crippen MR) is 75.7 cm³/mol. The van der Waals surface area contributed by atoms with Crippen molar-refractivity contribution in [3.05, 3.63) is 35.4 Å². The van der Waals surface area contributed by atoms with Crippen molar-refractivity contribution >= 4 is 5.78 Å². The molecule has 0 N–H and O–H groups in total. The number of carbonyl (C=O) groups excluding carboxylic acids is 1. The Labute approximate surface area is 111 Å². The van der Waals surface area contributed by atoms with Gasteiger partial charge in [-0.3, -0.25) is 4.79 Å². The first kappa shape index (κ1) is 13.3. The van der Waals surface area contributed by atoms with Crippen molar-refractivity contribution in [2.45, 2.75) is 52.4 Å². The van der Waals surface area contributed by atoms with E-state index in [2.05, 4.69) is 45.0 Å². The van der Waals surface area contributed by atoms with Crippen molar-refractivity contribution in [1.82, 2.24) is 0 Å². The Morgan fingerprint density at radius 1 is 1.28 bits per heavy atom. The van der Waals surface area contributed by atoms with Crippen LogP contribution in [0.25, 0.3) is 0 Å². The number of rotatable bonds is 4. The molecule has 0 heterocycles. The van der Waals surface area contributed by atoms with Gasteiger partial charge in [0.2, 0.25) is 0 Å². The topological polar surface area (TPSA) is 17.1 Å². The number of benzene rings is 1. The third-order valence-corrected chi connectivity index (χ3v) is 4.45. The molecule has 0 radical (unpaired) electrons. The quantitative estimate of drug-likeness (QED) is 0.769. The molecule has 1 aromatic carbocycles. The van der Waals surface area contributed by atoms with Crippen LogP contribution >= 0.6 is 0 Å². The molecule has 0 bridgehead atoms. The van der Waals surface area contributed by atoms with Crippen LogP contribution in [0.1, 0.15) is 57.1 Å². The second kappa shape index (κ2) is 5.69. The molecule has 2 atom stereocenters. The second-order valence-corrected chi connectivity index (χ2v) is 5.99. The molecule has 0 amide bonds. The number of aryl methyl sites for hydroxylation is 1. The molecular weight excluding hydrogens is 220 g/mol. The minimum absolute atomic E-state index is 0.194. The van der Waals surface area contributed by atoms with E-state index in [9.17, 15) is 4.79 Å². The first-order valence-electron chi connectivity index (χ1n) is 7.20. The van der Waals surface area contributed by atoms with Gasteiger partial charge in [0.15, 0.2) is 0 Å². The molecular formula is C17H24O. The first-order chi connectivity index (χ1) is 8.59. The third kappa shape index (κ3) is 2.82. The number of Topliss-reactive ketones (excluding diaryl/α,β-unsaturated/α-hetero) is 1. The summed E-state index contributed by atoms with van der Waals surface area (Å²) in [5.41, 5.74) is 2.88. The molecule has 0 spiro atoms. The van der Waals surface area contributed by atoms with Crippen molar-refractivity contribution in [2.75, 3.05) is 0 Å². The zero-order valence-electron chi connectivity index (χ0n) is 11.8. The van der Waals surface area contributed by atoms with Crippen LogP contribution in [0.3, 0.4) is 0 Å². The third-order valence-electron chi connectivity index (χ3n) is 4.45. The fourth-order valence-electron chi connectivity index (χ4n) is 2.87. The molecule has 1 aliphatic carbocycles. The maximum absolute atomic E-state index is 12.3. The van der Waals surface area contributed by atoms with E-state index in [1.807, 2.05) is 0 Å². The minimum Gasteiger partial charge on any atom is -0.299 e. The lowest BCUT2D eigenvalue weighted by molar-refractivity contribution is -0.124. The molecule has 18 heavy (non-hydrogen) atoms. The van der Waals surface area contributed by atoms with Crippen LogP contribution in [0.15, 0.2) is 24.3 Å². The Kier molecular flexibility index (Phi) is 4.21. The Hall–Kier alpha value is -1.11. The van der Waals surface area contributed by atoms with E-state index in [1.54, 1.807) is 0 Å². The van der Waals surface area contributed by atoms with Crippen molar-refractivity contribution in [1.29, 1.82) is 0 Å². The average molecular weight is 244 g/mol. The largest absolute Gasteiger partial charge is 0.299 e. The normalized spacial score (nSPS) is 20.6. The molecule has 2 unspecified atom stereocenters. The summed E-state index contributed by atoms with van der Waals surface area (Å²) < 4.78 is 0. The van der Waals surface area contributed by atoms with Gasteiger partial charge in [-0.15, -0.1) is 0 Å². The lowest BCUT2D eigenvalue weighted by atomic mass is 9.78. The van der Waals surface area contributed by atoms with E-state index < -0.39 is 0 Å². The molecule has 0 fully saturated rings. The summed E-state index contributed by atoms with van der Waals surface area (Å²) in [4.78, 5) is 12.3. The Morgan fingerprint density at radius 2 is 2.00 bits per heavy atom. The van der Waals surface area contributed by atoms with E-state index in [4.69, 9.17) is 0 Å². The van der Waals surface area contributed by atoms with Crippen molar-refractivity contribution in [3.63, 3.8) is 0 Å². The van der Waals surface area contributed by atoms with Gasteiger partial charge in [-0.25, -0.2) is 0 Å². The van der Waals surface area contributed by atoms with E-state index >= 15 is 0 Å². The van der Waals surface area contributed by atoms with Gasteiger partial charge in [-0.2, -0.15) is 0 Å². The van der Waals surface area contributed by atoms with Crippen LogP contribution in [0.2, 0.25) is 0 Å². The van der Waals surface area contributed by atoms with Crippen LogP contribution in [0.4, 0.5) is 0 Å². The first-order valence-corrected chi connectivity index (χ1v) is 7.20. The van der Waals surface area contributed by atoms with Gasteiger partial charge in [0, 0.05) is 12.3 Å². The molecule has 0 saturated carbocycles. The molecule has 1 nitrogen and oxygen atoms in total. The highest BCUT2D eigenvalue weighted by Crippen LogP contribution is 2.35. The highest BCUT2D eigenvalue weighted by atomic mass is 16.1. The van der Waals surface area contributed by atoms with Gasteiger partial charge in [0.05, 0.1) is 0 Å². The molecule has 98 valence electrons. The van der Waals surface area contributed by atoms with Crippen LogP contribution in [0, 0.1) is 11.8 Å². The molecule has 1 aliphatic rings. The smallest absolute Gasteiger partial charge is 0.136 e. The molecule has 0 aromatic heterocycles. The molecule has 1 aromatic rings. The van der Waals surface area contributed by atoms with E-state index in [-0.39, 0.29) is 5.92 Å². The van der Waals surface area contributed by atoms with Gasteiger partial charge < -0.3 is 0 Å². The van der Waals surface area contributed by atoms with Crippen LogP contribution in [-0.4, -0.2) is 5.78 Å². The lowest BCUT2D eigenvalue weighted by Crippen LogP contribution is -2.21. The molecule has 0 aliphatic heterocycles. The fourth-order valence-corrected chi connectivity index (χ4v) is 2.87. The Balaban J connectivity index is 2.10. The number of ketones is 1. The van der Waals surface area contributed by atoms with Gasteiger partial charge in [0.1, 0.15) is 5.78 Å². The SMILES string of the molecule is CC(C)C(C)C(=O)CC1CCCc2ccccc21. The molecule has 1 heteroatoms. The number of carbonyl (C=O) groups is 1. The van der Waals surface area contributed by atoms with E-state index in [1.165, 1.54) is 30.4 Å². The van der Waals surface area contributed by atoms with Gasteiger partial charge >= 0.3 is 0 Å². The monoisotopic (exact) mass is 244 g/mol. The van der Waals surface area contributed by atoms with Crippen molar-refractivity contribution < 1.29 is 4.79 Å². The maximum atomic E-state index is 12.3. The molecule has 2 rings (SSSR count). The number of hydrogen-bond acceptors (Lipinski definition) is 1. The van der Waals surface area contributed by atoms with Crippen molar-refractivity contribution in [2.24, 2.45) is 11.8 Å². The van der Waals surface area contributed by atoms with Gasteiger partial charge in [-0.05, 0) is 42.2 Å². The summed E-state index contributed by atoms with van der Waals surface area (Å²) in [5, 5.41) is 0. The van der Waals surface area contributed by atoms with Crippen LogP contribution in [-0.2, 0) is 11.2 Å². The standard InChI is InChI=1S/C17H24O/c1-12(2)13(3)17(18)11-15-9-6-8-14-7-4-5-10-16(14)15/h4-5,7,10,12-13,15H,6,8-9,11H2,1-3H3. The maximum Gasteiger partial charge on any atom is 0.136 e. The fraction of sp³-hybridized carbons (Fsp3) is 0.588. The Morgan fingerprint density at radius 3 is 2.72 bits per heavy atom. The van der Waals surface area contributed by atoms with Crippen LogP contribution in [0.5, 0.6) is 0 Å². The highest BCUT2D eigenvalue weighted by molar-refractivity contribution is 5.81.